The fourth-order valence-corrected chi connectivity index (χ4v) is 0. The first-order chi connectivity index (χ1) is 2.56. The van der Waals surface area contributed by atoms with Crippen LogP contribution in [0.2, 0.25) is 3.43 Å². The Kier molecular flexibility index (Phi) is 2.49. The van der Waals surface area contributed by atoms with E-state index in [1.54, 1.807) is 22.5 Å². The second kappa shape index (κ2) is 2.20. The molecule has 0 bridgehead atoms. The fraction of sp³-hybridized carbons (Fsp3) is 1.00. The van der Waals surface area contributed by atoms with Crippen LogP contribution in [0.5, 0.6) is 0 Å². The van der Waals surface area contributed by atoms with E-state index < -0.39 is 0 Å². The molecule has 0 nitrogen and oxygen atoms in total. The van der Waals surface area contributed by atoms with Crippen molar-refractivity contribution in [2.75, 3.05) is 0 Å². The van der Waals surface area contributed by atoms with Gasteiger partial charge in [-0.05, 0) is 0 Å². The molecule has 0 aliphatic rings. The molecule has 0 atom stereocenters. The van der Waals surface area contributed by atoms with Crippen molar-refractivity contribution < 1.29 is 0 Å². The van der Waals surface area contributed by atoms with Crippen LogP contribution in [0.1, 0.15) is 27.2 Å². The Bertz CT molecular complexity index is 33.7. The number of rotatable bonds is 1. The van der Waals surface area contributed by atoms with Gasteiger partial charge in [0.1, 0.15) is 0 Å². The van der Waals surface area contributed by atoms with Crippen molar-refractivity contribution in [3.05, 3.63) is 0 Å². The molecule has 0 amide bonds. The van der Waals surface area contributed by atoms with E-state index in [0.717, 1.165) is 0 Å². The van der Waals surface area contributed by atoms with Crippen LogP contribution in [0.3, 0.4) is 0 Å². The summed E-state index contributed by atoms with van der Waals surface area (Å²) >= 11 is 1.65. The van der Waals surface area contributed by atoms with E-state index in [2.05, 4.69) is 20.8 Å². The molecule has 0 aromatic rings. The second-order valence-electron chi connectivity index (χ2n) is 2.24. The van der Waals surface area contributed by atoms with E-state index in [4.69, 9.17) is 0 Å². The third-order valence-corrected chi connectivity index (χ3v) is 1.89. The van der Waals surface area contributed by atoms with Crippen molar-refractivity contribution >= 4 is 22.5 Å². The normalized spacial score (nSPS) is 12.2. The zero-order valence-corrected chi connectivity index (χ0v) is 7.56. The Morgan fingerprint density at radius 1 is 1.50 bits per heavy atom. The molecule has 0 unspecified atom stereocenters. The third kappa shape index (κ3) is 4.80. The van der Waals surface area contributed by atoms with Crippen molar-refractivity contribution in [3.8, 4) is 0 Å². The van der Waals surface area contributed by atoms with Crippen LogP contribution in [-0.2, 0) is 0 Å². The average molecular weight is 190 g/mol. The Morgan fingerprint density at radius 2 is 1.67 bits per heavy atom. The Morgan fingerprint density at radius 3 is 1.67 bits per heavy atom. The van der Waals surface area contributed by atoms with E-state index in [1.165, 1.54) is 6.42 Å². The molecule has 0 N–H and O–H groups in total. The van der Waals surface area contributed by atoms with Crippen LogP contribution in [0, 0.1) is 0 Å². The Hall–Kier alpha value is 0.799. The average Bonchev–Trinajstić information content (AvgIpc) is 1.35. The summed E-state index contributed by atoms with van der Waals surface area (Å²) in [5.41, 5.74) is 0. The molecule has 1 heteroatoms. The van der Waals surface area contributed by atoms with Gasteiger partial charge in [-0.2, -0.15) is 0 Å². The zero-order valence-electron chi connectivity index (χ0n) is 4.71. The fourth-order valence-electron chi connectivity index (χ4n) is 0. The zero-order chi connectivity index (χ0) is 5.21. The van der Waals surface area contributed by atoms with Gasteiger partial charge in [0.25, 0.3) is 0 Å². The van der Waals surface area contributed by atoms with Crippen LogP contribution < -0.4 is 0 Å². The maximum atomic E-state index is 2.28. The van der Waals surface area contributed by atoms with Gasteiger partial charge in [0, 0.05) is 0 Å². The van der Waals surface area contributed by atoms with Gasteiger partial charge in [0.05, 0.1) is 0 Å². The van der Waals surface area contributed by atoms with Gasteiger partial charge in [-0.3, -0.25) is 0 Å². The van der Waals surface area contributed by atoms with Crippen molar-refractivity contribution in [3.63, 3.8) is 0 Å². The molecule has 0 spiro atoms. The summed E-state index contributed by atoms with van der Waals surface area (Å²) in [4.78, 5) is 0. The van der Waals surface area contributed by atoms with Crippen LogP contribution in [0.15, 0.2) is 0 Å². The van der Waals surface area contributed by atoms with Crippen LogP contribution in [-0.4, -0.2) is 22.5 Å². The van der Waals surface area contributed by atoms with E-state index in [0.29, 0.717) is 3.43 Å². The first kappa shape index (κ1) is 6.80. The molecular formula is C5H11Sn+3. The molecule has 0 saturated carbocycles. The summed E-state index contributed by atoms with van der Waals surface area (Å²) in [5.74, 6) is 0. The SMILES string of the molecule is CC[C](C)(C)[Sn+3]. The van der Waals surface area contributed by atoms with Crippen LogP contribution in [0.4, 0.5) is 0 Å². The summed E-state index contributed by atoms with van der Waals surface area (Å²) in [6, 6.07) is 0. The van der Waals surface area contributed by atoms with Gasteiger partial charge < -0.3 is 0 Å². The van der Waals surface area contributed by atoms with Crippen molar-refractivity contribution in [1.82, 2.24) is 0 Å². The molecule has 0 fully saturated rings. The van der Waals surface area contributed by atoms with Crippen LogP contribution >= 0.6 is 0 Å². The summed E-state index contributed by atoms with van der Waals surface area (Å²) < 4.78 is 0.632. The van der Waals surface area contributed by atoms with Crippen LogP contribution in [0.25, 0.3) is 0 Å². The minimum atomic E-state index is 0.632. The molecule has 0 radical (unpaired) electrons. The molecule has 32 valence electrons. The summed E-state index contributed by atoms with van der Waals surface area (Å²) in [6.45, 7) is 6.80. The molecule has 0 aromatic heterocycles. The topological polar surface area (TPSA) is 0 Å². The van der Waals surface area contributed by atoms with Gasteiger partial charge in [0.15, 0.2) is 0 Å². The van der Waals surface area contributed by atoms with Gasteiger partial charge in [0.2, 0.25) is 0 Å². The monoisotopic (exact) mass is 191 g/mol. The number of hydrogen-bond donors (Lipinski definition) is 0. The predicted octanol–water partition coefficient (Wildman–Crippen LogP) is 1.76. The molecule has 0 aliphatic heterocycles. The van der Waals surface area contributed by atoms with Crippen molar-refractivity contribution in [2.45, 2.75) is 30.6 Å². The van der Waals surface area contributed by atoms with Gasteiger partial charge in [-0.1, -0.05) is 0 Å². The standard InChI is InChI=1S/C5H11.Sn/c1-4-5(2)3;/h4H2,1-3H3;/q;+3. The van der Waals surface area contributed by atoms with Gasteiger partial charge in [-0.25, -0.2) is 0 Å². The molecule has 6 heavy (non-hydrogen) atoms. The van der Waals surface area contributed by atoms with E-state index >= 15 is 0 Å². The first-order valence-corrected chi connectivity index (χ1v) is 3.74. The molecule has 0 saturated heterocycles. The molecular weight excluding hydrogens is 179 g/mol. The van der Waals surface area contributed by atoms with E-state index in [1.807, 2.05) is 0 Å². The molecule has 0 aromatic carbocycles. The second-order valence-corrected chi connectivity index (χ2v) is 6.10. The first-order valence-electron chi connectivity index (χ1n) is 2.31. The van der Waals surface area contributed by atoms with Crippen molar-refractivity contribution in [1.29, 1.82) is 0 Å². The minimum absolute atomic E-state index is 0.632. The summed E-state index contributed by atoms with van der Waals surface area (Å²) in [7, 11) is 0. The van der Waals surface area contributed by atoms with Gasteiger partial charge >= 0.3 is 53.1 Å². The summed E-state index contributed by atoms with van der Waals surface area (Å²) in [6.07, 6.45) is 1.31. The van der Waals surface area contributed by atoms with Gasteiger partial charge in [-0.15, -0.1) is 0 Å². The molecule has 0 aliphatic carbocycles. The third-order valence-electron chi connectivity index (χ3n) is 0.884. The molecule has 0 heterocycles. The quantitative estimate of drug-likeness (QED) is 0.552. The van der Waals surface area contributed by atoms with Crippen molar-refractivity contribution in [2.24, 2.45) is 0 Å². The van der Waals surface area contributed by atoms with E-state index in [9.17, 15) is 0 Å². The summed E-state index contributed by atoms with van der Waals surface area (Å²) in [5, 5.41) is 0. The Labute approximate surface area is 53.4 Å². The number of hydrogen-bond acceptors (Lipinski definition) is 0. The molecule has 0 rings (SSSR count). The predicted molar refractivity (Wildman–Crippen MR) is 30.1 cm³/mol. The van der Waals surface area contributed by atoms with E-state index in [-0.39, 0.29) is 0 Å². The maximum absolute atomic E-state index is 2.28. The Balaban J connectivity index is 3.17.